The van der Waals surface area contributed by atoms with Gasteiger partial charge in [-0.2, -0.15) is 0 Å². The lowest BCUT2D eigenvalue weighted by atomic mass is 9.88. The van der Waals surface area contributed by atoms with Crippen molar-refractivity contribution in [1.82, 2.24) is 5.32 Å². The Labute approximate surface area is 86.5 Å². The van der Waals surface area contributed by atoms with E-state index in [2.05, 4.69) is 43.4 Å². The van der Waals surface area contributed by atoms with Crippen LogP contribution in [0.3, 0.4) is 0 Å². The fourth-order valence-corrected chi connectivity index (χ4v) is 1.95. The first-order valence-electron chi connectivity index (χ1n) is 5.43. The monoisotopic (exact) mass is 189 g/mol. The van der Waals surface area contributed by atoms with Crippen LogP contribution in [0.15, 0.2) is 24.3 Å². The molecule has 1 aromatic carbocycles. The SMILES string of the molecule is CNC(C)(C)c1ccccc1C1CC1. The third-order valence-electron chi connectivity index (χ3n) is 3.28. The Balaban J connectivity index is 2.40. The molecular weight excluding hydrogens is 170 g/mol. The Hall–Kier alpha value is -0.820. The summed E-state index contributed by atoms with van der Waals surface area (Å²) >= 11 is 0. The van der Waals surface area contributed by atoms with Crippen LogP contribution in [0.2, 0.25) is 0 Å². The highest BCUT2D eigenvalue weighted by Crippen LogP contribution is 2.43. The second-order valence-corrected chi connectivity index (χ2v) is 4.74. The topological polar surface area (TPSA) is 12.0 Å². The quantitative estimate of drug-likeness (QED) is 0.770. The Bertz CT molecular complexity index is 324. The van der Waals surface area contributed by atoms with E-state index in [0.29, 0.717) is 0 Å². The number of hydrogen-bond acceptors (Lipinski definition) is 1. The average molecular weight is 189 g/mol. The Morgan fingerprint density at radius 1 is 1.21 bits per heavy atom. The van der Waals surface area contributed by atoms with Crippen LogP contribution in [-0.2, 0) is 5.54 Å². The average Bonchev–Trinajstić information content (AvgIpc) is 3.01. The van der Waals surface area contributed by atoms with Gasteiger partial charge in [-0.15, -0.1) is 0 Å². The van der Waals surface area contributed by atoms with Gasteiger partial charge in [-0.25, -0.2) is 0 Å². The van der Waals surface area contributed by atoms with Crippen molar-refractivity contribution in [3.63, 3.8) is 0 Å². The molecule has 1 aliphatic carbocycles. The van der Waals surface area contributed by atoms with Gasteiger partial charge in [-0.3, -0.25) is 0 Å². The van der Waals surface area contributed by atoms with E-state index in [-0.39, 0.29) is 5.54 Å². The molecule has 0 atom stereocenters. The fourth-order valence-electron chi connectivity index (χ4n) is 1.95. The lowest BCUT2D eigenvalue weighted by molar-refractivity contribution is 0.441. The normalized spacial score (nSPS) is 17.1. The van der Waals surface area contributed by atoms with Crippen molar-refractivity contribution in [3.05, 3.63) is 35.4 Å². The summed E-state index contributed by atoms with van der Waals surface area (Å²) in [5.41, 5.74) is 3.11. The maximum Gasteiger partial charge on any atom is 0.0377 e. The molecule has 0 spiro atoms. The van der Waals surface area contributed by atoms with Crippen LogP contribution in [0.4, 0.5) is 0 Å². The van der Waals surface area contributed by atoms with Gasteiger partial charge in [0.15, 0.2) is 0 Å². The lowest BCUT2D eigenvalue weighted by Gasteiger charge is -2.27. The minimum Gasteiger partial charge on any atom is -0.311 e. The second kappa shape index (κ2) is 3.39. The van der Waals surface area contributed by atoms with Gasteiger partial charge in [0, 0.05) is 5.54 Å². The van der Waals surface area contributed by atoms with Crippen molar-refractivity contribution in [2.24, 2.45) is 0 Å². The van der Waals surface area contributed by atoms with Crippen molar-refractivity contribution >= 4 is 0 Å². The summed E-state index contributed by atoms with van der Waals surface area (Å²) in [5.74, 6) is 0.832. The van der Waals surface area contributed by atoms with Crippen molar-refractivity contribution in [3.8, 4) is 0 Å². The molecule has 1 N–H and O–H groups in total. The lowest BCUT2D eigenvalue weighted by Crippen LogP contribution is -2.34. The predicted molar refractivity (Wildman–Crippen MR) is 60.5 cm³/mol. The highest BCUT2D eigenvalue weighted by Gasteiger charge is 2.30. The second-order valence-electron chi connectivity index (χ2n) is 4.74. The third kappa shape index (κ3) is 1.69. The minimum atomic E-state index is 0.0964. The summed E-state index contributed by atoms with van der Waals surface area (Å²) in [6.45, 7) is 4.49. The zero-order chi connectivity index (χ0) is 10.2. The van der Waals surface area contributed by atoms with Crippen LogP contribution >= 0.6 is 0 Å². The van der Waals surface area contributed by atoms with Gasteiger partial charge in [0.25, 0.3) is 0 Å². The molecule has 0 saturated heterocycles. The first kappa shape index (κ1) is 9.72. The van der Waals surface area contributed by atoms with Crippen molar-refractivity contribution in [1.29, 1.82) is 0 Å². The number of nitrogens with one attached hydrogen (secondary N) is 1. The highest BCUT2D eigenvalue weighted by atomic mass is 14.9. The first-order chi connectivity index (χ1) is 6.65. The zero-order valence-electron chi connectivity index (χ0n) is 9.30. The van der Waals surface area contributed by atoms with Gasteiger partial charge in [-0.1, -0.05) is 24.3 Å². The smallest absolute Gasteiger partial charge is 0.0377 e. The fraction of sp³-hybridized carbons (Fsp3) is 0.538. The third-order valence-corrected chi connectivity index (χ3v) is 3.28. The molecule has 14 heavy (non-hydrogen) atoms. The summed E-state index contributed by atoms with van der Waals surface area (Å²) in [7, 11) is 2.03. The van der Waals surface area contributed by atoms with E-state index in [9.17, 15) is 0 Å². The van der Waals surface area contributed by atoms with Crippen LogP contribution in [-0.4, -0.2) is 7.05 Å². The van der Waals surface area contributed by atoms with Gasteiger partial charge < -0.3 is 5.32 Å². The van der Waals surface area contributed by atoms with Crippen LogP contribution in [0.1, 0.15) is 43.7 Å². The van der Waals surface area contributed by atoms with Crippen molar-refractivity contribution < 1.29 is 0 Å². The Kier molecular flexibility index (Phi) is 2.36. The van der Waals surface area contributed by atoms with Gasteiger partial charge in [0.1, 0.15) is 0 Å². The summed E-state index contributed by atoms with van der Waals surface area (Å²) in [6.07, 6.45) is 2.74. The highest BCUT2D eigenvalue weighted by molar-refractivity contribution is 5.37. The molecule has 2 rings (SSSR count). The minimum absolute atomic E-state index is 0.0964. The predicted octanol–water partition coefficient (Wildman–Crippen LogP) is 3.02. The summed E-state index contributed by atoms with van der Waals surface area (Å²) < 4.78 is 0. The molecule has 76 valence electrons. The van der Waals surface area contributed by atoms with Gasteiger partial charge in [0.05, 0.1) is 0 Å². The van der Waals surface area contributed by atoms with Crippen LogP contribution in [0, 0.1) is 0 Å². The van der Waals surface area contributed by atoms with Crippen molar-refractivity contribution in [2.45, 2.75) is 38.1 Å². The number of hydrogen-bond donors (Lipinski definition) is 1. The summed E-state index contributed by atoms with van der Waals surface area (Å²) in [5, 5.41) is 3.38. The van der Waals surface area contributed by atoms with Crippen LogP contribution in [0.5, 0.6) is 0 Å². The van der Waals surface area contributed by atoms with E-state index in [0.717, 1.165) is 5.92 Å². The van der Waals surface area contributed by atoms with Crippen molar-refractivity contribution in [2.75, 3.05) is 7.05 Å². The van der Waals surface area contributed by atoms with E-state index in [4.69, 9.17) is 0 Å². The standard InChI is InChI=1S/C13H19N/c1-13(2,14-3)12-7-5-4-6-11(12)10-8-9-10/h4-7,10,14H,8-9H2,1-3H3. The first-order valence-corrected chi connectivity index (χ1v) is 5.43. The molecule has 0 bridgehead atoms. The van der Waals surface area contributed by atoms with Gasteiger partial charge >= 0.3 is 0 Å². The summed E-state index contributed by atoms with van der Waals surface area (Å²) in [6, 6.07) is 8.83. The van der Waals surface area contributed by atoms with E-state index < -0.39 is 0 Å². The van der Waals surface area contributed by atoms with Gasteiger partial charge in [-0.05, 0) is 50.8 Å². The van der Waals surface area contributed by atoms with Crippen LogP contribution < -0.4 is 5.32 Å². The molecule has 1 heteroatoms. The molecule has 0 heterocycles. The van der Waals surface area contributed by atoms with E-state index >= 15 is 0 Å². The molecule has 1 aromatic rings. The molecule has 0 aromatic heterocycles. The molecule has 0 unspecified atom stereocenters. The Morgan fingerprint density at radius 2 is 1.86 bits per heavy atom. The molecule has 0 amide bonds. The molecule has 1 aliphatic rings. The maximum absolute atomic E-state index is 3.38. The largest absolute Gasteiger partial charge is 0.311 e. The number of benzene rings is 1. The molecule has 0 radical (unpaired) electrons. The summed E-state index contributed by atoms with van der Waals surface area (Å²) in [4.78, 5) is 0. The zero-order valence-corrected chi connectivity index (χ0v) is 9.30. The molecular formula is C13H19N. The molecule has 0 aliphatic heterocycles. The van der Waals surface area contributed by atoms with E-state index in [1.54, 1.807) is 5.56 Å². The van der Waals surface area contributed by atoms with E-state index in [1.165, 1.54) is 18.4 Å². The number of rotatable bonds is 3. The van der Waals surface area contributed by atoms with E-state index in [1.807, 2.05) is 7.05 Å². The molecule has 1 nitrogen and oxygen atoms in total. The van der Waals surface area contributed by atoms with Crippen LogP contribution in [0.25, 0.3) is 0 Å². The maximum atomic E-state index is 3.38. The molecule has 1 fully saturated rings. The Morgan fingerprint density at radius 3 is 2.43 bits per heavy atom. The van der Waals surface area contributed by atoms with Gasteiger partial charge in [0.2, 0.25) is 0 Å². The molecule has 1 saturated carbocycles.